The largest absolute Gasteiger partial charge is 0.444 e. The Morgan fingerprint density at radius 3 is 2.42 bits per heavy atom. The summed E-state index contributed by atoms with van der Waals surface area (Å²) in [6.07, 6.45) is 1.26. The van der Waals surface area contributed by atoms with Crippen LogP contribution in [0.15, 0.2) is 0 Å². The molecule has 4 nitrogen and oxygen atoms in total. The van der Waals surface area contributed by atoms with Crippen LogP contribution in [0.4, 0.5) is 13.6 Å². The zero-order chi connectivity index (χ0) is 14.5. The van der Waals surface area contributed by atoms with Crippen LogP contribution in [0.25, 0.3) is 0 Å². The van der Waals surface area contributed by atoms with Gasteiger partial charge in [0.05, 0.1) is 6.04 Å². The lowest BCUT2D eigenvalue weighted by molar-refractivity contribution is -0.00689. The average Bonchev–Trinajstić information content (AvgIpc) is 2.77. The van der Waals surface area contributed by atoms with Gasteiger partial charge < -0.3 is 15.4 Å². The quantitative estimate of drug-likeness (QED) is 0.800. The van der Waals surface area contributed by atoms with Gasteiger partial charge in [-0.05, 0) is 40.0 Å². The van der Waals surface area contributed by atoms with Gasteiger partial charge in [-0.25, -0.2) is 13.6 Å². The van der Waals surface area contributed by atoms with E-state index in [4.69, 9.17) is 10.5 Å². The molecule has 2 fully saturated rings. The molecule has 0 aromatic rings. The van der Waals surface area contributed by atoms with Crippen molar-refractivity contribution in [1.29, 1.82) is 0 Å². The van der Waals surface area contributed by atoms with Crippen molar-refractivity contribution >= 4 is 6.09 Å². The Hall–Kier alpha value is -0.910. The topological polar surface area (TPSA) is 55.6 Å². The summed E-state index contributed by atoms with van der Waals surface area (Å²) in [6.45, 7) is 5.71. The number of likely N-dealkylation sites (tertiary alicyclic amines) is 1. The summed E-state index contributed by atoms with van der Waals surface area (Å²) >= 11 is 0. The van der Waals surface area contributed by atoms with Crippen LogP contribution in [0, 0.1) is 0 Å². The Morgan fingerprint density at radius 1 is 1.37 bits per heavy atom. The average molecular weight is 276 g/mol. The van der Waals surface area contributed by atoms with Crippen LogP contribution in [0.3, 0.4) is 0 Å². The van der Waals surface area contributed by atoms with Crippen molar-refractivity contribution in [3.8, 4) is 0 Å². The van der Waals surface area contributed by atoms with Crippen molar-refractivity contribution in [2.24, 2.45) is 5.73 Å². The van der Waals surface area contributed by atoms with Gasteiger partial charge in [-0.1, -0.05) is 0 Å². The highest BCUT2D eigenvalue weighted by molar-refractivity contribution is 5.69. The molecule has 1 saturated carbocycles. The van der Waals surface area contributed by atoms with Crippen molar-refractivity contribution < 1.29 is 18.3 Å². The SMILES string of the molecule is CC(C)(C)OC(=O)N1CCCCC1C1(N)CC1(F)F. The second-order valence-electron chi connectivity index (χ2n) is 6.61. The summed E-state index contributed by atoms with van der Waals surface area (Å²) in [5.74, 6) is -2.87. The summed E-state index contributed by atoms with van der Waals surface area (Å²) in [4.78, 5) is 13.5. The van der Waals surface area contributed by atoms with Crippen molar-refractivity contribution in [1.82, 2.24) is 4.90 Å². The van der Waals surface area contributed by atoms with E-state index in [9.17, 15) is 13.6 Å². The summed E-state index contributed by atoms with van der Waals surface area (Å²) in [6, 6.07) is -0.619. The maximum absolute atomic E-state index is 13.4. The van der Waals surface area contributed by atoms with Gasteiger partial charge in [-0.3, -0.25) is 0 Å². The minimum Gasteiger partial charge on any atom is -0.444 e. The number of ether oxygens (including phenoxy) is 1. The minimum atomic E-state index is -2.87. The molecule has 2 atom stereocenters. The molecule has 0 spiro atoms. The number of carbonyl (C=O) groups excluding carboxylic acids is 1. The van der Waals surface area contributed by atoms with E-state index < -0.39 is 29.2 Å². The highest BCUT2D eigenvalue weighted by atomic mass is 19.3. The maximum Gasteiger partial charge on any atom is 0.410 e. The van der Waals surface area contributed by atoms with Gasteiger partial charge in [-0.2, -0.15) is 0 Å². The Bertz CT molecular complexity index is 381. The van der Waals surface area contributed by atoms with Gasteiger partial charge in [0.1, 0.15) is 11.1 Å². The van der Waals surface area contributed by atoms with E-state index in [1.165, 1.54) is 4.90 Å². The first-order valence-electron chi connectivity index (χ1n) is 6.73. The molecule has 1 aliphatic heterocycles. The van der Waals surface area contributed by atoms with E-state index in [-0.39, 0.29) is 6.42 Å². The second kappa shape index (κ2) is 4.30. The fourth-order valence-electron chi connectivity index (χ4n) is 2.69. The Morgan fingerprint density at radius 2 is 1.95 bits per heavy atom. The summed E-state index contributed by atoms with van der Waals surface area (Å²) in [7, 11) is 0. The number of alkyl halides is 2. The zero-order valence-corrected chi connectivity index (χ0v) is 11.7. The first-order valence-corrected chi connectivity index (χ1v) is 6.73. The van der Waals surface area contributed by atoms with E-state index >= 15 is 0 Å². The number of nitrogens with two attached hydrogens (primary N) is 1. The minimum absolute atomic E-state index is 0.343. The summed E-state index contributed by atoms with van der Waals surface area (Å²) in [5, 5.41) is 0. The predicted octanol–water partition coefficient (Wildman–Crippen LogP) is 2.51. The molecular formula is C13H22F2N2O2. The van der Waals surface area contributed by atoms with E-state index in [0.29, 0.717) is 13.0 Å². The lowest BCUT2D eigenvalue weighted by Gasteiger charge is -2.39. The lowest BCUT2D eigenvalue weighted by Crippen LogP contribution is -2.57. The van der Waals surface area contributed by atoms with E-state index in [2.05, 4.69) is 0 Å². The fraction of sp³-hybridized carbons (Fsp3) is 0.923. The van der Waals surface area contributed by atoms with Gasteiger partial charge in [0.2, 0.25) is 0 Å². The number of rotatable bonds is 1. The van der Waals surface area contributed by atoms with E-state index in [1.807, 2.05) is 0 Å². The molecule has 0 radical (unpaired) electrons. The van der Waals surface area contributed by atoms with Crippen molar-refractivity contribution in [3.63, 3.8) is 0 Å². The van der Waals surface area contributed by atoms with Crippen molar-refractivity contribution in [2.75, 3.05) is 6.54 Å². The standard InChI is InChI=1S/C13H22F2N2O2/c1-11(2,3)19-10(18)17-7-5-4-6-9(17)12(16)8-13(12,14)15/h9H,4-8,16H2,1-3H3. The molecule has 1 aliphatic carbocycles. The first kappa shape index (κ1) is 14.5. The zero-order valence-electron chi connectivity index (χ0n) is 11.7. The van der Waals surface area contributed by atoms with Crippen LogP contribution in [-0.4, -0.2) is 40.6 Å². The molecule has 0 aromatic carbocycles. The summed E-state index contributed by atoms with van der Waals surface area (Å²) in [5.41, 5.74) is 3.59. The van der Waals surface area contributed by atoms with Crippen LogP contribution < -0.4 is 5.73 Å². The molecule has 2 rings (SSSR count). The number of nitrogens with zero attached hydrogens (tertiary/aromatic N) is 1. The number of hydrogen-bond donors (Lipinski definition) is 1. The third-order valence-corrected chi connectivity index (χ3v) is 3.80. The van der Waals surface area contributed by atoms with Crippen LogP contribution in [0.2, 0.25) is 0 Å². The Kier molecular flexibility index (Phi) is 3.28. The van der Waals surface area contributed by atoms with Gasteiger partial charge >= 0.3 is 6.09 Å². The molecule has 1 amide bonds. The highest BCUT2D eigenvalue weighted by Gasteiger charge is 2.73. The van der Waals surface area contributed by atoms with E-state index in [1.54, 1.807) is 20.8 Å². The number of amides is 1. The van der Waals surface area contributed by atoms with Gasteiger partial charge in [0.25, 0.3) is 5.92 Å². The molecule has 6 heteroatoms. The Labute approximate surface area is 112 Å². The second-order valence-corrected chi connectivity index (χ2v) is 6.61. The van der Waals surface area contributed by atoms with Crippen molar-refractivity contribution in [2.45, 2.75) is 69.6 Å². The van der Waals surface area contributed by atoms with Gasteiger partial charge in [0, 0.05) is 13.0 Å². The first-order chi connectivity index (χ1) is 8.57. The van der Waals surface area contributed by atoms with Gasteiger partial charge in [-0.15, -0.1) is 0 Å². The summed E-state index contributed by atoms with van der Waals surface area (Å²) < 4.78 is 32.2. The predicted molar refractivity (Wildman–Crippen MR) is 67.1 cm³/mol. The molecule has 19 heavy (non-hydrogen) atoms. The number of halogens is 2. The molecule has 2 N–H and O–H groups in total. The Balaban J connectivity index is 2.11. The molecule has 0 bridgehead atoms. The monoisotopic (exact) mass is 276 g/mol. The molecule has 0 aromatic heterocycles. The van der Waals surface area contributed by atoms with E-state index in [0.717, 1.165) is 12.8 Å². The van der Waals surface area contributed by atoms with Crippen LogP contribution in [-0.2, 0) is 4.74 Å². The van der Waals surface area contributed by atoms with Crippen LogP contribution in [0.1, 0.15) is 46.5 Å². The third-order valence-electron chi connectivity index (χ3n) is 3.80. The maximum atomic E-state index is 13.4. The van der Waals surface area contributed by atoms with Gasteiger partial charge in [0.15, 0.2) is 0 Å². The molecular weight excluding hydrogens is 254 g/mol. The molecule has 1 heterocycles. The van der Waals surface area contributed by atoms with Crippen molar-refractivity contribution in [3.05, 3.63) is 0 Å². The van der Waals surface area contributed by atoms with Crippen LogP contribution >= 0.6 is 0 Å². The highest BCUT2D eigenvalue weighted by Crippen LogP contribution is 2.55. The molecule has 110 valence electrons. The molecule has 2 unspecified atom stereocenters. The molecule has 2 aliphatic rings. The fourth-order valence-corrected chi connectivity index (χ4v) is 2.69. The van der Waals surface area contributed by atoms with Crippen LogP contribution in [0.5, 0.6) is 0 Å². The molecule has 1 saturated heterocycles. The number of piperidine rings is 1. The number of hydrogen-bond acceptors (Lipinski definition) is 3. The smallest absolute Gasteiger partial charge is 0.410 e. The third kappa shape index (κ3) is 2.68. The lowest BCUT2D eigenvalue weighted by atomic mass is 9.94. The normalized spacial score (nSPS) is 34.0. The number of carbonyl (C=O) groups is 1.